The van der Waals surface area contributed by atoms with E-state index in [9.17, 15) is 14.4 Å². The molecule has 1 unspecified atom stereocenters. The van der Waals surface area contributed by atoms with Crippen molar-refractivity contribution >= 4 is 29.2 Å². The molecule has 3 saturated carbocycles. The molecule has 1 spiro atoms. The van der Waals surface area contributed by atoms with Crippen molar-refractivity contribution < 1.29 is 19.1 Å². The second-order valence-electron chi connectivity index (χ2n) is 9.81. The molecule has 0 radical (unpaired) electrons. The molecule has 0 bridgehead atoms. The lowest BCUT2D eigenvalue weighted by Gasteiger charge is -2.58. The van der Waals surface area contributed by atoms with Crippen molar-refractivity contribution in [3.05, 3.63) is 40.0 Å². The number of urea groups is 1. The van der Waals surface area contributed by atoms with Gasteiger partial charge in [-0.05, 0) is 55.6 Å². The molecule has 3 N–H and O–H groups in total. The maximum atomic E-state index is 12.9. The SMILES string of the molecule is NC(=O)c1sc(C2CC2)nc1OC1CC2(C1)CC(N1C(=O)NC(Cc3cccnc3)C1=O)C2. The number of carbonyl (C=O) groups excluding carboxylic acids is 3. The van der Waals surface area contributed by atoms with Gasteiger partial charge >= 0.3 is 6.03 Å². The van der Waals surface area contributed by atoms with E-state index in [1.165, 1.54) is 16.2 Å². The number of hydrogen-bond acceptors (Lipinski definition) is 7. The maximum absolute atomic E-state index is 12.9. The van der Waals surface area contributed by atoms with Crippen molar-refractivity contribution in [1.82, 2.24) is 20.2 Å². The molecule has 6 rings (SSSR count). The highest BCUT2D eigenvalue weighted by Gasteiger charge is 2.58. The fourth-order valence-corrected chi connectivity index (χ4v) is 6.47. The molecule has 9 nitrogen and oxygen atoms in total. The Labute approximate surface area is 194 Å². The zero-order chi connectivity index (χ0) is 22.7. The first-order valence-electron chi connectivity index (χ1n) is 11.4. The van der Waals surface area contributed by atoms with Gasteiger partial charge in [-0.25, -0.2) is 9.78 Å². The van der Waals surface area contributed by atoms with Crippen LogP contribution in [0.3, 0.4) is 0 Å². The summed E-state index contributed by atoms with van der Waals surface area (Å²) in [5, 5.41) is 3.76. The molecule has 2 aromatic heterocycles. The van der Waals surface area contributed by atoms with Crippen LogP contribution in [0, 0.1) is 5.41 Å². The van der Waals surface area contributed by atoms with Crippen LogP contribution in [0.15, 0.2) is 24.5 Å². The number of nitrogens with zero attached hydrogens (tertiary/aromatic N) is 3. The number of primary amides is 1. The van der Waals surface area contributed by atoms with E-state index in [0.29, 0.717) is 23.1 Å². The van der Waals surface area contributed by atoms with E-state index in [-0.39, 0.29) is 29.5 Å². The van der Waals surface area contributed by atoms with Crippen molar-refractivity contribution in [3.63, 3.8) is 0 Å². The summed E-state index contributed by atoms with van der Waals surface area (Å²) < 4.78 is 6.05. The van der Waals surface area contributed by atoms with E-state index in [1.807, 2.05) is 12.1 Å². The Morgan fingerprint density at radius 1 is 1.27 bits per heavy atom. The number of pyridine rings is 1. The normalized spacial score (nSPS) is 30.7. The number of thiazole rings is 1. The number of nitrogens with two attached hydrogens (primary N) is 1. The summed E-state index contributed by atoms with van der Waals surface area (Å²) in [5.41, 5.74) is 6.54. The highest BCUT2D eigenvalue weighted by atomic mass is 32.1. The van der Waals surface area contributed by atoms with Gasteiger partial charge in [-0.1, -0.05) is 6.07 Å². The van der Waals surface area contributed by atoms with E-state index in [1.54, 1.807) is 12.4 Å². The monoisotopic (exact) mass is 467 g/mol. The Morgan fingerprint density at radius 3 is 2.73 bits per heavy atom. The van der Waals surface area contributed by atoms with Gasteiger partial charge in [0.25, 0.3) is 11.8 Å². The molecule has 10 heteroatoms. The summed E-state index contributed by atoms with van der Waals surface area (Å²) in [4.78, 5) is 47.6. The second-order valence-corrected chi connectivity index (χ2v) is 10.8. The molecule has 33 heavy (non-hydrogen) atoms. The lowest BCUT2D eigenvalue weighted by molar-refractivity contribution is -0.140. The molecule has 3 heterocycles. The molecule has 0 aromatic carbocycles. The lowest BCUT2D eigenvalue weighted by atomic mass is 9.52. The average molecular weight is 468 g/mol. The van der Waals surface area contributed by atoms with Crippen LogP contribution in [0.2, 0.25) is 0 Å². The predicted octanol–water partition coefficient (Wildman–Crippen LogP) is 2.37. The van der Waals surface area contributed by atoms with Crippen LogP contribution in [0.1, 0.15) is 64.7 Å². The average Bonchev–Trinajstić information content (AvgIpc) is 3.44. The standard InChI is InChI=1S/C23H25N5O4S/c24-18(29)17-19(27-20(33-17)13-3-4-13)32-15-9-23(10-15)7-14(8-23)28-21(30)16(26-22(28)31)6-12-2-1-5-25-11-12/h1-2,5,11,13-16H,3-4,6-10H2,(H2,24,29)(H,26,31). The minimum atomic E-state index is -0.534. The number of imide groups is 1. The van der Waals surface area contributed by atoms with Gasteiger partial charge in [-0.2, -0.15) is 0 Å². The van der Waals surface area contributed by atoms with Gasteiger partial charge in [0.2, 0.25) is 5.88 Å². The number of ether oxygens (including phenoxy) is 1. The summed E-state index contributed by atoms with van der Waals surface area (Å²) in [6, 6.07) is 2.82. The first kappa shape index (κ1) is 20.6. The van der Waals surface area contributed by atoms with Crippen molar-refractivity contribution in [1.29, 1.82) is 0 Å². The van der Waals surface area contributed by atoms with Crippen LogP contribution < -0.4 is 15.8 Å². The van der Waals surface area contributed by atoms with Crippen LogP contribution in [0.5, 0.6) is 5.88 Å². The Morgan fingerprint density at radius 2 is 2.06 bits per heavy atom. The fourth-order valence-electron chi connectivity index (χ4n) is 5.45. The van der Waals surface area contributed by atoms with Gasteiger partial charge in [0, 0.05) is 30.8 Å². The van der Waals surface area contributed by atoms with Crippen LogP contribution in [0.4, 0.5) is 4.79 Å². The third-order valence-corrected chi connectivity index (χ3v) is 8.49. The van der Waals surface area contributed by atoms with E-state index < -0.39 is 11.9 Å². The molecule has 2 aromatic rings. The van der Waals surface area contributed by atoms with Crippen LogP contribution >= 0.6 is 11.3 Å². The van der Waals surface area contributed by atoms with E-state index in [0.717, 1.165) is 49.1 Å². The molecule has 1 aliphatic heterocycles. The van der Waals surface area contributed by atoms with E-state index in [4.69, 9.17) is 10.5 Å². The van der Waals surface area contributed by atoms with Crippen molar-refractivity contribution in [2.45, 2.75) is 69.1 Å². The molecular formula is C23H25N5O4S. The largest absolute Gasteiger partial charge is 0.473 e. The Balaban J connectivity index is 1.04. The number of amides is 4. The molecule has 4 amide bonds. The number of rotatable bonds is 7. The molecule has 4 aliphatic rings. The predicted molar refractivity (Wildman–Crippen MR) is 119 cm³/mol. The molecule has 172 valence electrons. The van der Waals surface area contributed by atoms with Crippen LogP contribution in [0.25, 0.3) is 0 Å². The highest BCUT2D eigenvalue weighted by molar-refractivity contribution is 7.14. The van der Waals surface area contributed by atoms with Gasteiger partial charge < -0.3 is 15.8 Å². The molecule has 1 atom stereocenters. The van der Waals surface area contributed by atoms with Crippen molar-refractivity contribution in [3.8, 4) is 5.88 Å². The minimum Gasteiger partial charge on any atom is -0.473 e. The number of hydrogen-bond donors (Lipinski definition) is 2. The smallest absolute Gasteiger partial charge is 0.325 e. The zero-order valence-electron chi connectivity index (χ0n) is 18.0. The Bertz CT molecular complexity index is 1120. The topological polar surface area (TPSA) is 128 Å². The molecular weight excluding hydrogens is 442 g/mol. The summed E-state index contributed by atoms with van der Waals surface area (Å²) in [6.07, 6.45) is 9.29. The number of aromatic nitrogens is 2. The van der Waals surface area contributed by atoms with Crippen LogP contribution in [-0.2, 0) is 11.2 Å². The minimum absolute atomic E-state index is 0.0142. The van der Waals surface area contributed by atoms with Gasteiger partial charge in [-0.3, -0.25) is 19.5 Å². The van der Waals surface area contributed by atoms with Gasteiger partial charge in [0.1, 0.15) is 17.2 Å². The van der Waals surface area contributed by atoms with Gasteiger partial charge in [0.15, 0.2) is 4.88 Å². The van der Waals surface area contributed by atoms with E-state index in [2.05, 4.69) is 15.3 Å². The summed E-state index contributed by atoms with van der Waals surface area (Å²) in [7, 11) is 0. The van der Waals surface area contributed by atoms with Crippen molar-refractivity contribution in [2.75, 3.05) is 0 Å². The summed E-state index contributed by atoms with van der Waals surface area (Å²) in [5.74, 6) is 0.165. The third kappa shape index (κ3) is 3.66. The molecule has 4 fully saturated rings. The summed E-state index contributed by atoms with van der Waals surface area (Å²) >= 11 is 1.35. The Kier molecular flexibility index (Phi) is 4.69. The first-order chi connectivity index (χ1) is 15.9. The first-order valence-corrected chi connectivity index (χ1v) is 12.2. The Hall–Kier alpha value is -3.01. The fraction of sp³-hybridized carbons (Fsp3) is 0.522. The molecule has 1 saturated heterocycles. The molecule has 3 aliphatic carbocycles. The van der Waals surface area contributed by atoms with Gasteiger partial charge in [0.05, 0.1) is 0 Å². The highest BCUT2D eigenvalue weighted by Crippen LogP contribution is 2.58. The lowest BCUT2D eigenvalue weighted by Crippen LogP contribution is -2.60. The number of nitrogens with one attached hydrogen (secondary N) is 1. The number of carbonyl (C=O) groups is 3. The second kappa shape index (κ2) is 7.51. The quantitative estimate of drug-likeness (QED) is 0.602. The zero-order valence-corrected chi connectivity index (χ0v) is 18.8. The summed E-state index contributed by atoms with van der Waals surface area (Å²) in [6.45, 7) is 0. The van der Waals surface area contributed by atoms with Crippen molar-refractivity contribution in [2.24, 2.45) is 11.1 Å². The van der Waals surface area contributed by atoms with E-state index >= 15 is 0 Å². The maximum Gasteiger partial charge on any atom is 0.325 e. The third-order valence-electron chi connectivity index (χ3n) is 7.28. The van der Waals surface area contributed by atoms with Crippen LogP contribution in [-0.4, -0.2) is 50.9 Å². The van der Waals surface area contributed by atoms with Gasteiger partial charge in [-0.15, -0.1) is 11.3 Å².